The largest absolute Gasteiger partial charge is 0.393 e. The van der Waals surface area contributed by atoms with Gasteiger partial charge in [0.05, 0.1) is 5.69 Å². The second kappa shape index (κ2) is 6.45. The van der Waals surface area contributed by atoms with Gasteiger partial charge in [-0.2, -0.15) is 0 Å². The van der Waals surface area contributed by atoms with Crippen LogP contribution in [0.2, 0.25) is 0 Å². The summed E-state index contributed by atoms with van der Waals surface area (Å²) in [5.74, 6) is -0.173. The van der Waals surface area contributed by atoms with Gasteiger partial charge in [-0.05, 0) is 36.8 Å². The first-order chi connectivity index (χ1) is 11.5. The van der Waals surface area contributed by atoms with E-state index in [-0.39, 0.29) is 17.2 Å². The molecule has 0 radical (unpaired) electrons. The molecule has 4 N–H and O–H groups in total. The predicted molar refractivity (Wildman–Crippen MR) is 88.3 cm³/mol. The SMILES string of the molecule is Cc1ccnc(Nc2ncnc(Nc3cc(F)ccc3F)c2N)c1. The lowest BCUT2D eigenvalue weighted by Gasteiger charge is -2.12. The first-order valence-corrected chi connectivity index (χ1v) is 7.05. The van der Waals surface area contributed by atoms with Gasteiger partial charge >= 0.3 is 0 Å². The molecule has 8 heteroatoms. The lowest BCUT2D eigenvalue weighted by Crippen LogP contribution is -2.06. The zero-order chi connectivity index (χ0) is 17.1. The number of nitrogens with zero attached hydrogens (tertiary/aromatic N) is 3. The molecule has 0 atom stereocenters. The Morgan fingerprint density at radius 1 is 0.958 bits per heavy atom. The van der Waals surface area contributed by atoms with E-state index in [1.54, 1.807) is 6.20 Å². The quantitative estimate of drug-likeness (QED) is 0.679. The lowest BCUT2D eigenvalue weighted by molar-refractivity contribution is 0.603. The molecule has 6 nitrogen and oxygen atoms in total. The van der Waals surface area contributed by atoms with E-state index in [4.69, 9.17) is 5.73 Å². The average Bonchev–Trinajstić information content (AvgIpc) is 2.55. The van der Waals surface area contributed by atoms with Crippen LogP contribution in [0.5, 0.6) is 0 Å². The van der Waals surface area contributed by atoms with Crippen LogP contribution in [0.3, 0.4) is 0 Å². The number of anilines is 5. The summed E-state index contributed by atoms with van der Waals surface area (Å²) in [5.41, 5.74) is 7.11. The molecule has 1 aromatic carbocycles. The minimum Gasteiger partial charge on any atom is -0.393 e. The van der Waals surface area contributed by atoms with Crippen LogP contribution in [0.25, 0.3) is 0 Å². The lowest BCUT2D eigenvalue weighted by atomic mass is 10.3. The van der Waals surface area contributed by atoms with E-state index in [1.165, 1.54) is 6.33 Å². The first-order valence-electron chi connectivity index (χ1n) is 7.05. The second-order valence-corrected chi connectivity index (χ2v) is 5.08. The Labute approximate surface area is 136 Å². The van der Waals surface area contributed by atoms with Crippen molar-refractivity contribution in [1.29, 1.82) is 0 Å². The summed E-state index contributed by atoms with van der Waals surface area (Å²) in [7, 11) is 0. The first kappa shape index (κ1) is 15.6. The monoisotopic (exact) mass is 328 g/mol. The van der Waals surface area contributed by atoms with Gasteiger partial charge in [0.1, 0.15) is 29.5 Å². The number of rotatable bonds is 4. The summed E-state index contributed by atoms with van der Waals surface area (Å²) in [6.07, 6.45) is 2.91. The number of aromatic nitrogens is 3. The molecular weight excluding hydrogens is 314 g/mol. The topological polar surface area (TPSA) is 88.8 Å². The predicted octanol–water partition coefficient (Wildman–Crippen LogP) is 3.53. The fraction of sp³-hybridized carbons (Fsp3) is 0.0625. The van der Waals surface area contributed by atoms with Gasteiger partial charge in [0.2, 0.25) is 0 Å². The number of hydrogen-bond donors (Lipinski definition) is 3. The minimum atomic E-state index is -0.621. The Balaban J connectivity index is 1.89. The molecule has 0 fully saturated rings. The van der Waals surface area contributed by atoms with E-state index < -0.39 is 11.6 Å². The molecule has 3 rings (SSSR count). The van der Waals surface area contributed by atoms with E-state index in [0.717, 1.165) is 23.8 Å². The normalized spacial score (nSPS) is 10.5. The van der Waals surface area contributed by atoms with Crippen molar-refractivity contribution < 1.29 is 8.78 Å². The van der Waals surface area contributed by atoms with E-state index in [9.17, 15) is 8.78 Å². The summed E-state index contributed by atoms with van der Waals surface area (Å²) in [4.78, 5) is 12.2. The molecule has 24 heavy (non-hydrogen) atoms. The fourth-order valence-electron chi connectivity index (χ4n) is 2.04. The summed E-state index contributed by atoms with van der Waals surface area (Å²) in [6, 6.07) is 6.74. The van der Waals surface area contributed by atoms with Crippen molar-refractivity contribution in [1.82, 2.24) is 15.0 Å². The molecule has 2 aromatic heterocycles. The highest BCUT2D eigenvalue weighted by molar-refractivity contribution is 5.79. The van der Waals surface area contributed by atoms with Crippen LogP contribution < -0.4 is 16.4 Å². The summed E-state index contributed by atoms with van der Waals surface area (Å²) < 4.78 is 27.0. The maximum atomic E-state index is 13.7. The van der Waals surface area contributed by atoms with E-state index >= 15 is 0 Å². The van der Waals surface area contributed by atoms with Crippen LogP contribution >= 0.6 is 0 Å². The van der Waals surface area contributed by atoms with Crippen molar-refractivity contribution >= 4 is 28.8 Å². The van der Waals surface area contributed by atoms with Crippen LogP contribution in [0, 0.1) is 18.6 Å². The Bertz CT molecular complexity index is 884. The maximum absolute atomic E-state index is 13.7. The summed E-state index contributed by atoms with van der Waals surface area (Å²) in [6.45, 7) is 1.93. The van der Waals surface area contributed by atoms with Gasteiger partial charge in [0, 0.05) is 12.3 Å². The molecule has 0 spiro atoms. The number of aryl methyl sites for hydroxylation is 1. The van der Waals surface area contributed by atoms with E-state index in [0.29, 0.717) is 11.6 Å². The van der Waals surface area contributed by atoms with Crippen molar-refractivity contribution in [2.45, 2.75) is 6.92 Å². The molecule has 0 unspecified atom stereocenters. The highest BCUT2D eigenvalue weighted by atomic mass is 19.1. The Morgan fingerprint density at radius 2 is 1.71 bits per heavy atom. The number of hydrogen-bond acceptors (Lipinski definition) is 6. The highest BCUT2D eigenvalue weighted by Crippen LogP contribution is 2.28. The molecule has 0 aliphatic rings. The van der Waals surface area contributed by atoms with Crippen molar-refractivity contribution in [2.75, 3.05) is 16.4 Å². The van der Waals surface area contributed by atoms with Crippen LogP contribution in [-0.2, 0) is 0 Å². The molecule has 122 valence electrons. The molecule has 0 amide bonds. The number of nitrogens with one attached hydrogen (secondary N) is 2. The van der Waals surface area contributed by atoms with Crippen molar-refractivity contribution in [3.63, 3.8) is 0 Å². The van der Waals surface area contributed by atoms with Crippen LogP contribution in [0.15, 0.2) is 42.9 Å². The van der Waals surface area contributed by atoms with Crippen molar-refractivity contribution in [2.24, 2.45) is 0 Å². The molecule has 0 aliphatic heterocycles. The smallest absolute Gasteiger partial charge is 0.160 e. The average molecular weight is 328 g/mol. The van der Waals surface area contributed by atoms with E-state index in [1.807, 2.05) is 19.1 Å². The Kier molecular flexibility index (Phi) is 4.19. The maximum Gasteiger partial charge on any atom is 0.160 e. The fourth-order valence-corrected chi connectivity index (χ4v) is 2.04. The molecule has 2 heterocycles. The Morgan fingerprint density at radius 3 is 2.46 bits per heavy atom. The second-order valence-electron chi connectivity index (χ2n) is 5.08. The van der Waals surface area contributed by atoms with Crippen LogP contribution in [0.1, 0.15) is 5.56 Å². The van der Waals surface area contributed by atoms with Gasteiger partial charge in [0.15, 0.2) is 11.6 Å². The number of nitrogens with two attached hydrogens (primary N) is 1. The zero-order valence-electron chi connectivity index (χ0n) is 12.7. The number of benzene rings is 1. The van der Waals surface area contributed by atoms with Gasteiger partial charge in [-0.1, -0.05) is 0 Å². The third kappa shape index (κ3) is 3.37. The van der Waals surface area contributed by atoms with Gasteiger partial charge < -0.3 is 16.4 Å². The number of halogens is 2. The molecule has 3 aromatic rings. The highest BCUT2D eigenvalue weighted by Gasteiger charge is 2.12. The summed E-state index contributed by atoms with van der Waals surface area (Å²) in [5, 5.41) is 5.64. The standard InChI is InChI=1S/C16H14F2N6/c1-9-4-5-20-13(6-9)24-16-14(19)15(21-8-22-16)23-12-7-10(17)2-3-11(12)18/h2-8H,19H2,1H3,(H2,20,21,22,23,24). The Hall–Kier alpha value is -3.29. The summed E-state index contributed by atoms with van der Waals surface area (Å²) >= 11 is 0. The third-order valence-electron chi connectivity index (χ3n) is 3.23. The number of pyridine rings is 1. The van der Waals surface area contributed by atoms with Gasteiger partial charge in [-0.25, -0.2) is 23.7 Å². The van der Waals surface area contributed by atoms with Gasteiger partial charge in [-0.15, -0.1) is 0 Å². The molecule has 0 saturated heterocycles. The molecular formula is C16H14F2N6. The molecule has 0 bridgehead atoms. The van der Waals surface area contributed by atoms with Crippen LogP contribution in [0.4, 0.5) is 37.6 Å². The molecule has 0 aliphatic carbocycles. The zero-order valence-corrected chi connectivity index (χ0v) is 12.7. The van der Waals surface area contributed by atoms with Crippen molar-refractivity contribution in [3.05, 3.63) is 60.1 Å². The van der Waals surface area contributed by atoms with Crippen molar-refractivity contribution in [3.8, 4) is 0 Å². The van der Waals surface area contributed by atoms with Gasteiger partial charge in [0.25, 0.3) is 0 Å². The minimum absolute atomic E-state index is 0.0694. The van der Waals surface area contributed by atoms with E-state index in [2.05, 4.69) is 25.6 Å². The van der Waals surface area contributed by atoms with Gasteiger partial charge in [-0.3, -0.25) is 0 Å². The molecule has 0 saturated carbocycles. The number of nitrogen functional groups attached to an aromatic ring is 1. The third-order valence-corrected chi connectivity index (χ3v) is 3.23. The van der Waals surface area contributed by atoms with Crippen LogP contribution in [-0.4, -0.2) is 15.0 Å².